The minimum Gasteiger partial charge on any atom is -0.332 e. The Morgan fingerprint density at radius 3 is 2.56 bits per heavy atom. The minimum absolute atomic E-state index is 0.0130. The molecule has 0 bridgehead atoms. The van der Waals surface area contributed by atoms with Gasteiger partial charge in [-0.2, -0.15) is 13.2 Å². The van der Waals surface area contributed by atoms with Crippen molar-refractivity contribution in [2.75, 3.05) is 0 Å². The van der Waals surface area contributed by atoms with Crippen LogP contribution in [0.4, 0.5) is 13.2 Å². The maximum absolute atomic E-state index is 13.1. The summed E-state index contributed by atoms with van der Waals surface area (Å²) in [5.41, 5.74) is 2.21. The Hall–Kier alpha value is -2.30. The molecule has 0 saturated heterocycles. The fourth-order valence-corrected chi connectivity index (χ4v) is 4.13. The number of carbonyl (C=O) groups excluding carboxylic acids is 1. The molecule has 2 aromatic rings. The lowest BCUT2D eigenvalue weighted by molar-refractivity contribution is -0.138. The fourth-order valence-electron chi connectivity index (χ4n) is 4.13. The summed E-state index contributed by atoms with van der Waals surface area (Å²) in [7, 11) is 0. The van der Waals surface area contributed by atoms with Crippen LogP contribution in [0.3, 0.4) is 0 Å². The van der Waals surface area contributed by atoms with Crippen LogP contribution in [0.1, 0.15) is 54.0 Å². The molecule has 0 aromatic heterocycles. The predicted octanol–water partition coefficient (Wildman–Crippen LogP) is 5.32. The van der Waals surface area contributed by atoms with Gasteiger partial charge in [-0.05, 0) is 54.9 Å². The molecule has 0 radical (unpaired) electrons. The molecular formula is C22H22F3NO. The van der Waals surface area contributed by atoms with Crippen molar-refractivity contribution in [3.63, 3.8) is 0 Å². The van der Waals surface area contributed by atoms with Crippen LogP contribution in [0, 0.1) is 0 Å². The third-order valence-electron chi connectivity index (χ3n) is 5.51. The van der Waals surface area contributed by atoms with Gasteiger partial charge in [0, 0.05) is 6.04 Å². The second-order valence-electron chi connectivity index (χ2n) is 7.51. The Kier molecular flexibility index (Phi) is 4.70. The zero-order chi connectivity index (χ0) is 19.0. The van der Waals surface area contributed by atoms with Crippen molar-refractivity contribution < 1.29 is 18.0 Å². The second kappa shape index (κ2) is 7.02. The van der Waals surface area contributed by atoms with E-state index in [-0.39, 0.29) is 24.4 Å². The highest BCUT2D eigenvalue weighted by atomic mass is 19.4. The number of halogens is 3. The molecule has 1 amide bonds. The van der Waals surface area contributed by atoms with E-state index >= 15 is 0 Å². The summed E-state index contributed by atoms with van der Waals surface area (Å²) in [6, 6.07) is 13.6. The topological polar surface area (TPSA) is 20.3 Å². The van der Waals surface area contributed by atoms with Crippen LogP contribution < -0.4 is 0 Å². The second-order valence-corrected chi connectivity index (χ2v) is 7.51. The van der Waals surface area contributed by atoms with E-state index in [1.165, 1.54) is 17.2 Å². The van der Waals surface area contributed by atoms with Crippen LogP contribution >= 0.6 is 0 Å². The quantitative estimate of drug-likeness (QED) is 0.711. The zero-order valence-electron chi connectivity index (χ0n) is 15.0. The predicted molar refractivity (Wildman–Crippen MR) is 97.1 cm³/mol. The van der Waals surface area contributed by atoms with E-state index in [4.69, 9.17) is 0 Å². The third kappa shape index (κ3) is 3.87. The van der Waals surface area contributed by atoms with E-state index in [2.05, 4.69) is 12.1 Å². The van der Waals surface area contributed by atoms with Gasteiger partial charge in [0.1, 0.15) is 0 Å². The van der Waals surface area contributed by atoms with Gasteiger partial charge in [0.25, 0.3) is 0 Å². The first kappa shape index (κ1) is 18.1. The fraction of sp³-hybridized carbons (Fsp3) is 0.409. The van der Waals surface area contributed by atoms with Crippen molar-refractivity contribution >= 4 is 5.91 Å². The van der Waals surface area contributed by atoms with Gasteiger partial charge >= 0.3 is 6.18 Å². The third-order valence-corrected chi connectivity index (χ3v) is 5.51. The summed E-state index contributed by atoms with van der Waals surface area (Å²) in [6.45, 7) is 0. The Morgan fingerprint density at radius 2 is 1.81 bits per heavy atom. The van der Waals surface area contributed by atoms with E-state index in [0.717, 1.165) is 44.2 Å². The first-order valence-corrected chi connectivity index (χ1v) is 9.48. The number of amides is 1. The molecule has 0 N–H and O–H groups in total. The lowest BCUT2D eigenvalue weighted by atomic mass is 9.86. The van der Waals surface area contributed by atoms with E-state index in [1.54, 1.807) is 6.07 Å². The number of carbonyl (C=O) groups is 1. The molecule has 1 saturated carbocycles. The van der Waals surface area contributed by atoms with Crippen LogP contribution in [0.2, 0.25) is 0 Å². The van der Waals surface area contributed by atoms with Gasteiger partial charge in [-0.25, -0.2) is 0 Å². The standard InChI is InChI=1S/C22H22F3NO/c23-22(24,25)17-8-3-5-15(13-17)14-21(27)26(18-11-12-18)20-10-4-7-16-6-1-2-9-19(16)20/h1-3,5-6,8-9,13,18,20H,4,7,10-12,14H2. The molecule has 1 unspecified atom stereocenters. The van der Waals surface area contributed by atoms with Crippen LogP contribution in [-0.2, 0) is 23.8 Å². The summed E-state index contributed by atoms with van der Waals surface area (Å²) in [6.07, 6.45) is 0.549. The molecule has 0 heterocycles. The molecule has 0 aliphatic heterocycles. The van der Waals surface area contributed by atoms with Crippen LogP contribution in [0.15, 0.2) is 48.5 Å². The van der Waals surface area contributed by atoms with Crippen molar-refractivity contribution in [1.82, 2.24) is 4.90 Å². The van der Waals surface area contributed by atoms with Crippen LogP contribution in [-0.4, -0.2) is 16.8 Å². The Bertz CT molecular complexity index is 841. The van der Waals surface area contributed by atoms with Crippen molar-refractivity contribution in [2.24, 2.45) is 0 Å². The van der Waals surface area contributed by atoms with E-state index in [9.17, 15) is 18.0 Å². The Balaban J connectivity index is 1.58. The molecule has 142 valence electrons. The van der Waals surface area contributed by atoms with Gasteiger partial charge in [0.2, 0.25) is 5.91 Å². The van der Waals surface area contributed by atoms with Gasteiger partial charge < -0.3 is 4.90 Å². The van der Waals surface area contributed by atoms with Crippen LogP contribution in [0.25, 0.3) is 0 Å². The average molecular weight is 373 g/mol. The van der Waals surface area contributed by atoms with E-state index in [0.29, 0.717) is 5.56 Å². The molecule has 0 spiro atoms. The zero-order valence-corrected chi connectivity index (χ0v) is 15.0. The lowest BCUT2D eigenvalue weighted by Crippen LogP contribution is -2.39. The SMILES string of the molecule is O=C(Cc1cccc(C(F)(F)F)c1)N(C1CC1)C1CCCc2ccccc21. The molecule has 5 heteroatoms. The van der Waals surface area contributed by atoms with Crippen molar-refractivity contribution in [3.8, 4) is 0 Å². The summed E-state index contributed by atoms with van der Waals surface area (Å²) in [5.74, 6) is -0.0708. The largest absolute Gasteiger partial charge is 0.416 e. The first-order valence-electron chi connectivity index (χ1n) is 9.48. The monoisotopic (exact) mass is 373 g/mol. The molecule has 2 nitrogen and oxygen atoms in total. The number of alkyl halides is 3. The van der Waals surface area contributed by atoms with Gasteiger partial charge in [-0.15, -0.1) is 0 Å². The smallest absolute Gasteiger partial charge is 0.332 e. The molecule has 2 aliphatic carbocycles. The lowest BCUT2D eigenvalue weighted by Gasteiger charge is -2.36. The molecule has 2 aliphatic rings. The molecule has 1 atom stereocenters. The van der Waals surface area contributed by atoms with Crippen LogP contribution in [0.5, 0.6) is 0 Å². The molecule has 1 fully saturated rings. The summed E-state index contributed by atoms with van der Waals surface area (Å²) in [5, 5.41) is 0. The first-order chi connectivity index (χ1) is 12.9. The highest BCUT2D eigenvalue weighted by Crippen LogP contribution is 2.41. The number of fused-ring (bicyclic) bond motifs is 1. The summed E-state index contributed by atoms with van der Waals surface area (Å²) < 4.78 is 38.9. The summed E-state index contributed by atoms with van der Waals surface area (Å²) >= 11 is 0. The number of hydrogen-bond donors (Lipinski definition) is 0. The van der Waals surface area contributed by atoms with Crippen molar-refractivity contribution in [2.45, 2.75) is 56.8 Å². The molecule has 2 aromatic carbocycles. The highest BCUT2D eigenvalue weighted by molar-refractivity contribution is 5.80. The number of nitrogens with zero attached hydrogens (tertiary/aromatic N) is 1. The van der Waals surface area contributed by atoms with Gasteiger partial charge in [-0.3, -0.25) is 4.79 Å². The number of benzene rings is 2. The van der Waals surface area contributed by atoms with Gasteiger partial charge in [0.05, 0.1) is 18.0 Å². The maximum Gasteiger partial charge on any atom is 0.416 e. The minimum atomic E-state index is -4.39. The normalized spacial score (nSPS) is 19.4. The van der Waals surface area contributed by atoms with Crippen molar-refractivity contribution in [3.05, 3.63) is 70.8 Å². The maximum atomic E-state index is 13.1. The van der Waals surface area contributed by atoms with Crippen molar-refractivity contribution in [1.29, 1.82) is 0 Å². The summed E-state index contributed by atoms with van der Waals surface area (Å²) in [4.78, 5) is 15.1. The van der Waals surface area contributed by atoms with E-state index < -0.39 is 11.7 Å². The Labute approximate surface area is 157 Å². The number of aryl methyl sites for hydroxylation is 1. The molecule has 27 heavy (non-hydrogen) atoms. The Morgan fingerprint density at radius 1 is 1.04 bits per heavy atom. The number of rotatable bonds is 4. The highest BCUT2D eigenvalue weighted by Gasteiger charge is 2.39. The molecular weight excluding hydrogens is 351 g/mol. The number of hydrogen-bond acceptors (Lipinski definition) is 1. The molecule has 4 rings (SSSR count). The average Bonchev–Trinajstić information content (AvgIpc) is 3.47. The van der Waals surface area contributed by atoms with Gasteiger partial charge in [-0.1, -0.05) is 42.5 Å². The van der Waals surface area contributed by atoms with Gasteiger partial charge in [0.15, 0.2) is 0 Å². The van der Waals surface area contributed by atoms with E-state index in [1.807, 2.05) is 17.0 Å².